The minimum absolute atomic E-state index is 0.0404. The summed E-state index contributed by atoms with van der Waals surface area (Å²) in [6.45, 7) is -2.90. The average molecular weight is 333 g/mol. The summed E-state index contributed by atoms with van der Waals surface area (Å²) < 4.78 is 34.7. The number of nitriles is 1. The van der Waals surface area contributed by atoms with E-state index in [4.69, 9.17) is 4.74 Å². The first-order chi connectivity index (χ1) is 11.6. The van der Waals surface area contributed by atoms with Gasteiger partial charge in [0.1, 0.15) is 11.8 Å². The van der Waals surface area contributed by atoms with Gasteiger partial charge in [-0.15, -0.1) is 0 Å². The fourth-order valence-electron chi connectivity index (χ4n) is 3.08. The number of rotatable bonds is 5. The molecule has 0 bridgehead atoms. The van der Waals surface area contributed by atoms with Crippen LogP contribution >= 0.6 is 0 Å². The van der Waals surface area contributed by atoms with Crippen LogP contribution in [0.5, 0.6) is 5.75 Å². The summed E-state index contributed by atoms with van der Waals surface area (Å²) in [6.07, 6.45) is 4.37. The fourth-order valence-corrected chi connectivity index (χ4v) is 3.08. The molecule has 5 nitrogen and oxygen atoms in total. The van der Waals surface area contributed by atoms with E-state index >= 15 is 0 Å². The topological polar surface area (TPSA) is 67.2 Å². The maximum atomic E-state index is 12.5. The van der Waals surface area contributed by atoms with E-state index in [0.29, 0.717) is 22.2 Å². The van der Waals surface area contributed by atoms with Crippen LogP contribution in [0.15, 0.2) is 24.4 Å². The smallest absolute Gasteiger partial charge is 0.387 e. The van der Waals surface area contributed by atoms with Gasteiger partial charge in [0.25, 0.3) is 0 Å². The van der Waals surface area contributed by atoms with Gasteiger partial charge in [-0.3, -0.25) is 4.98 Å². The molecule has 2 unspecified atom stereocenters. The van der Waals surface area contributed by atoms with E-state index < -0.39 is 6.61 Å². The van der Waals surface area contributed by atoms with Crippen molar-refractivity contribution in [1.29, 1.82) is 5.26 Å². The van der Waals surface area contributed by atoms with Crippen LogP contribution in [0.4, 0.5) is 14.5 Å². The lowest BCUT2D eigenvalue weighted by Gasteiger charge is -2.17. The number of methoxy groups -OCH3 is 1. The average Bonchev–Trinajstić information content (AvgIpc) is 3.02. The normalized spacial score (nSPS) is 20.3. The molecule has 0 saturated heterocycles. The highest BCUT2D eigenvalue weighted by atomic mass is 19.3. The first-order valence-corrected chi connectivity index (χ1v) is 7.67. The molecule has 1 heterocycles. The first-order valence-electron chi connectivity index (χ1n) is 7.67. The highest BCUT2D eigenvalue weighted by molar-refractivity contribution is 5.95. The van der Waals surface area contributed by atoms with Gasteiger partial charge >= 0.3 is 6.61 Å². The highest BCUT2D eigenvalue weighted by Gasteiger charge is 2.25. The molecule has 1 aromatic carbocycles. The van der Waals surface area contributed by atoms with Crippen molar-refractivity contribution < 1.29 is 18.3 Å². The fraction of sp³-hybridized carbons (Fsp3) is 0.412. The molecule has 0 radical (unpaired) electrons. The number of hydrogen-bond acceptors (Lipinski definition) is 5. The molecule has 1 aliphatic rings. The quantitative estimate of drug-likeness (QED) is 0.904. The van der Waals surface area contributed by atoms with E-state index in [-0.39, 0.29) is 17.9 Å². The third-order valence-electron chi connectivity index (χ3n) is 4.25. The molecule has 0 amide bonds. The van der Waals surface area contributed by atoms with Gasteiger partial charge in [-0.1, -0.05) is 0 Å². The Morgan fingerprint density at radius 3 is 2.88 bits per heavy atom. The second kappa shape index (κ2) is 6.97. The number of fused-ring (bicyclic) bond motifs is 1. The summed E-state index contributed by atoms with van der Waals surface area (Å²) in [6, 6.07) is 6.79. The maximum Gasteiger partial charge on any atom is 0.387 e. The van der Waals surface area contributed by atoms with Crippen LogP contribution in [0.1, 0.15) is 24.8 Å². The number of pyridine rings is 1. The van der Waals surface area contributed by atoms with Gasteiger partial charge in [0.2, 0.25) is 0 Å². The monoisotopic (exact) mass is 333 g/mol. The Kier molecular flexibility index (Phi) is 4.76. The van der Waals surface area contributed by atoms with E-state index in [2.05, 4.69) is 21.1 Å². The van der Waals surface area contributed by atoms with Gasteiger partial charge in [0.15, 0.2) is 0 Å². The molecule has 0 aliphatic heterocycles. The van der Waals surface area contributed by atoms with Crippen molar-refractivity contribution in [3.05, 3.63) is 30.0 Å². The molecule has 3 rings (SSSR count). The number of hydrogen-bond donors (Lipinski definition) is 1. The van der Waals surface area contributed by atoms with Crippen molar-refractivity contribution >= 4 is 16.6 Å². The number of ether oxygens (including phenoxy) is 2. The Labute approximate surface area is 138 Å². The zero-order chi connectivity index (χ0) is 17.1. The molecule has 0 spiro atoms. The number of alkyl halides is 2. The number of nitrogens with zero attached hydrogens (tertiary/aromatic N) is 2. The van der Waals surface area contributed by atoms with Crippen molar-refractivity contribution in [2.45, 2.75) is 38.0 Å². The lowest BCUT2D eigenvalue weighted by molar-refractivity contribution is -0.0497. The molecule has 2 aromatic rings. The molecule has 24 heavy (non-hydrogen) atoms. The Balaban J connectivity index is 1.98. The van der Waals surface area contributed by atoms with Crippen molar-refractivity contribution in [1.82, 2.24) is 4.98 Å². The van der Waals surface area contributed by atoms with Crippen LogP contribution < -0.4 is 10.1 Å². The van der Waals surface area contributed by atoms with E-state index in [1.165, 1.54) is 18.3 Å². The van der Waals surface area contributed by atoms with Crippen LogP contribution in [-0.2, 0) is 4.74 Å². The lowest BCUT2D eigenvalue weighted by Crippen LogP contribution is -2.18. The van der Waals surface area contributed by atoms with Crippen molar-refractivity contribution in [2.75, 3.05) is 12.4 Å². The van der Waals surface area contributed by atoms with Crippen molar-refractivity contribution in [3.63, 3.8) is 0 Å². The summed E-state index contributed by atoms with van der Waals surface area (Å²) in [4.78, 5) is 4.21. The molecule has 126 valence electrons. The number of halogens is 2. The van der Waals surface area contributed by atoms with Gasteiger partial charge in [-0.25, -0.2) is 0 Å². The lowest BCUT2D eigenvalue weighted by atomic mass is 10.1. The zero-order valence-electron chi connectivity index (χ0n) is 13.1. The van der Waals surface area contributed by atoms with Crippen LogP contribution in [0.3, 0.4) is 0 Å². The second-order valence-corrected chi connectivity index (χ2v) is 5.73. The summed E-state index contributed by atoms with van der Waals surface area (Å²) in [5.41, 5.74) is 1.58. The first kappa shape index (κ1) is 16.4. The summed E-state index contributed by atoms with van der Waals surface area (Å²) >= 11 is 0. The molecular formula is C17H17F2N3O2. The minimum Gasteiger partial charge on any atom is -0.435 e. The van der Waals surface area contributed by atoms with E-state index in [1.54, 1.807) is 13.2 Å². The van der Waals surface area contributed by atoms with Crippen LogP contribution in [0, 0.1) is 11.3 Å². The van der Waals surface area contributed by atoms with Crippen LogP contribution in [0.2, 0.25) is 0 Å². The Morgan fingerprint density at radius 1 is 1.38 bits per heavy atom. The van der Waals surface area contributed by atoms with E-state index in [9.17, 15) is 14.0 Å². The Hall–Kier alpha value is -2.46. The molecule has 2 atom stereocenters. The molecule has 1 fully saturated rings. The third-order valence-corrected chi connectivity index (χ3v) is 4.25. The van der Waals surface area contributed by atoms with Gasteiger partial charge in [0, 0.05) is 24.7 Å². The SMILES string of the molecule is COC1CCC(Nc2c(C#N)cnc3ccc(OC(F)F)cc23)C1. The van der Waals surface area contributed by atoms with Gasteiger partial charge in [0.05, 0.1) is 22.9 Å². The summed E-state index contributed by atoms with van der Waals surface area (Å²) in [5.74, 6) is 0.0404. The third kappa shape index (κ3) is 3.39. The standard InChI is InChI=1S/C17H17F2N3O2/c1-23-12-3-2-11(6-12)22-16-10(8-20)9-21-15-5-4-13(7-14(15)16)24-17(18)19/h4-5,7,9,11-12,17H,2-3,6H2,1H3,(H,21,22). The molecular weight excluding hydrogens is 316 g/mol. The number of benzene rings is 1. The van der Waals surface area contributed by atoms with Crippen molar-refractivity contribution in [3.8, 4) is 11.8 Å². The number of aromatic nitrogens is 1. The van der Waals surface area contributed by atoms with Crippen LogP contribution in [0.25, 0.3) is 10.9 Å². The predicted molar refractivity (Wildman–Crippen MR) is 85.1 cm³/mol. The van der Waals surface area contributed by atoms with Gasteiger partial charge in [-0.2, -0.15) is 14.0 Å². The number of nitrogens with one attached hydrogen (secondary N) is 1. The Bertz CT molecular complexity index is 776. The summed E-state index contributed by atoms with van der Waals surface area (Å²) in [7, 11) is 1.68. The zero-order valence-corrected chi connectivity index (χ0v) is 13.1. The van der Waals surface area contributed by atoms with Crippen LogP contribution in [-0.4, -0.2) is 30.9 Å². The van der Waals surface area contributed by atoms with Crippen molar-refractivity contribution in [2.24, 2.45) is 0 Å². The highest BCUT2D eigenvalue weighted by Crippen LogP contribution is 2.33. The predicted octanol–water partition coefficient (Wildman–Crippen LogP) is 3.69. The summed E-state index contributed by atoms with van der Waals surface area (Å²) in [5, 5.41) is 13.3. The maximum absolute atomic E-state index is 12.5. The largest absolute Gasteiger partial charge is 0.435 e. The molecule has 1 N–H and O–H groups in total. The van der Waals surface area contributed by atoms with Gasteiger partial charge < -0.3 is 14.8 Å². The molecule has 7 heteroatoms. The van der Waals surface area contributed by atoms with E-state index in [0.717, 1.165) is 19.3 Å². The van der Waals surface area contributed by atoms with E-state index in [1.807, 2.05) is 0 Å². The second-order valence-electron chi connectivity index (χ2n) is 5.73. The Morgan fingerprint density at radius 2 is 2.21 bits per heavy atom. The van der Waals surface area contributed by atoms with Gasteiger partial charge in [-0.05, 0) is 37.5 Å². The molecule has 1 aliphatic carbocycles. The molecule has 1 saturated carbocycles. The number of anilines is 1. The molecule has 1 aromatic heterocycles. The minimum atomic E-state index is -2.90.